The molecule has 4 heterocycles. The van der Waals surface area contributed by atoms with E-state index in [0.717, 1.165) is 42.7 Å². The second-order valence-electron chi connectivity index (χ2n) is 10.5. The Labute approximate surface area is 235 Å². The first-order valence-electron chi connectivity index (χ1n) is 13.3. The second kappa shape index (κ2) is 11.4. The number of benzene rings is 1. The average molecular weight is 576 g/mol. The van der Waals surface area contributed by atoms with E-state index in [1.807, 2.05) is 18.2 Å². The van der Waals surface area contributed by atoms with Gasteiger partial charge in [0.1, 0.15) is 6.33 Å². The molecule has 39 heavy (non-hydrogen) atoms. The zero-order chi connectivity index (χ0) is 27.8. The number of aromatic nitrogens is 2. The maximum atomic E-state index is 12.9. The van der Waals surface area contributed by atoms with Gasteiger partial charge in [0.15, 0.2) is 0 Å². The molecule has 2 fully saturated rings. The quantitative estimate of drug-likeness (QED) is 0.321. The van der Waals surface area contributed by atoms with Gasteiger partial charge in [-0.25, -0.2) is 23.5 Å². The van der Waals surface area contributed by atoms with Crippen molar-refractivity contribution in [3.05, 3.63) is 45.6 Å². The van der Waals surface area contributed by atoms with Crippen molar-refractivity contribution in [3.63, 3.8) is 0 Å². The van der Waals surface area contributed by atoms with Crippen molar-refractivity contribution in [3.8, 4) is 11.3 Å². The molecule has 0 bridgehead atoms. The zero-order valence-electron chi connectivity index (χ0n) is 22.3. The fraction of sp³-hybridized carbons (Fsp3) is 0.500. The highest BCUT2D eigenvalue weighted by molar-refractivity contribution is 7.19. The van der Waals surface area contributed by atoms with E-state index >= 15 is 0 Å². The molecule has 2 aliphatic rings. The van der Waals surface area contributed by atoms with Gasteiger partial charge >= 0.3 is 6.03 Å². The third-order valence-electron chi connectivity index (χ3n) is 7.84. The number of likely N-dealkylation sites (tertiary alicyclic amines) is 1. The summed E-state index contributed by atoms with van der Waals surface area (Å²) in [6.07, 6.45) is 2.45. The molecule has 208 valence electrons. The second-order valence-corrected chi connectivity index (χ2v) is 12.1. The van der Waals surface area contributed by atoms with Crippen molar-refractivity contribution in [1.82, 2.24) is 24.7 Å². The summed E-state index contributed by atoms with van der Waals surface area (Å²) in [5, 5.41) is 0.623. The third-order valence-corrected chi connectivity index (χ3v) is 9.18. The Balaban J connectivity index is 1.50. The number of hydrogen-bond donors (Lipinski definition) is 0. The Kier molecular flexibility index (Phi) is 8.16. The summed E-state index contributed by atoms with van der Waals surface area (Å²) in [5.74, 6) is -0.369. The summed E-state index contributed by atoms with van der Waals surface area (Å²) in [5.41, 5.74) is 4.65. The minimum Gasteiger partial charge on any atom is -0.318 e. The lowest BCUT2D eigenvalue weighted by molar-refractivity contribution is -0.131. The molecule has 0 spiro atoms. The van der Waals surface area contributed by atoms with Crippen LogP contribution < -0.4 is 0 Å². The van der Waals surface area contributed by atoms with Crippen LogP contribution in [0.15, 0.2) is 24.5 Å². The SMILES string of the molecule is Cc1cc(Cl)cc(-c2ncnc3cc(CN4C(=O)CCN(CC(F)F)C4=O)sc23)c1CN1[C@H](C)CCC[C@H]1C. The molecule has 0 saturated carbocycles. The summed E-state index contributed by atoms with van der Waals surface area (Å²) >= 11 is 7.95. The van der Waals surface area contributed by atoms with Crippen molar-refractivity contribution >= 4 is 45.1 Å². The van der Waals surface area contributed by atoms with E-state index in [4.69, 9.17) is 11.6 Å². The number of rotatable bonds is 7. The highest BCUT2D eigenvalue weighted by Gasteiger charge is 2.34. The predicted molar refractivity (Wildman–Crippen MR) is 149 cm³/mol. The molecular weight excluding hydrogens is 544 g/mol. The lowest BCUT2D eigenvalue weighted by Gasteiger charge is -2.39. The number of amides is 3. The maximum absolute atomic E-state index is 12.9. The molecule has 2 aliphatic heterocycles. The third kappa shape index (κ3) is 5.78. The molecule has 1 aromatic carbocycles. The van der Waals surface area contributed by atoms with Gasteiger partial charge in [-0.2, -0.15) is 0 Å². The highest BCUT2D eigenvalue weighted by Crippen LogP contribution is 2.38. The highest BCUT2D eigenvalue weighted by atomic mass is 35.5. The molecule has 2 atom stereocenters. The standard InChI is InChI=1S/C28H32ClF2N5O2S/c1-16-9-19(29)10-21(22(16)13-35-17(2)5-4-6-18(35)3)26-27-23(32-15-33-26)11-20(39-27)12-36-25(37)7-8-34(28(36)38)14-24(30)31/h9-11,15,17-18,24H,4-8,12-14H2,1-3H3/t17-,18-/m1/s1. The molecule has 0 aliphatic carbocycles. The fourth-order valence-corrected chi connectivity index (χ4v) is 7.10. The van der Waals surface area contributed by atoms with E-state index in [2.05, 4.69) is 35.6 Å². The number of aryl methyl sites for hydroxylation is 1. The van der Waals surface area contributed by atoms with Crippen LogP contribution in [0, 0.1) is 6.92 Å². The minimum absolute atomic E-state index is 0.00209. The Bertz CT molecular complexity index is 1390. The number of carbonyl (C=O) groups is 2. The van der Waals surface area contributed by atoms with Gasteiger partial charge in [0, 0.05) is 47.1 Å². The van der Waals surface area contributed by atoms with Crippen molar-refractivity contribution < 1.29 is 18.4 Å². The van der Waals surface area contributed by atoms with Crippen molar-refractivity contribution in [2.24, 2.45) is 0 Å². The van der Waals surface area contributed by atoms with Crippen LogP contribution >= 0.6 is 22.9 Å². The molecule has 5 rings (SSSR count). The van der Waals surface area contributed by atoms with Crippen molar-refractivity contribution in [2.75, 3.05) is 13.1 Å². The first kappa shape index (κ1) is 27.9. The lowest BCUT2D eigenvalue weighted by atomic mass is 9.93. The number of piperidine rings is 1. The van der Waals surface area contributed by atoms with Crippen LogP contribution in [-0.2, 0) is 17.9 Å². The molecule has 11 heteroatoms. The van der Waals surface area contributed by atoms with Gasteiger partial charge in [0.05, 0.1) is 29.0 Å². The molecular formula is C28H32ClF2N5O2S. The van der Waals surface area contributed by atoms with Crippen LogP contribution in [0.25, 0.3) is 21.5 Å². The van der Waals surface area contributed by atoms with Gasteiger partial charge in [0.25, 0.3) is 6.43 Å². The number of imide groups is 1. The van der Waals surface area contributed by atoms with Crippen molar-refractivity contribution in [1.29, 1.82) is 0 Å². The van der Waals surface area contributed by atoms with Gasteiger partial charge < -0.3 is 4.90 Å². The summed E-state index contributed by atoms with van der Waals surface area (Å²) in [6, 6.07) is 6.03. The maximum Gasteiger partial charge on any atom is 0.327 e. The number of urea groups is 1. The van der Waals surface area contributed by atoms with Crippen molar-refractivity contribution in [2.45, 2.75) is 78.1 Å². The Morgan fingerprint density at radius 1 is 1.10 bits per heavy atom. The molecule has 0 radical (unpaired) electrons. The number of nitrogens with zero attached hydrogens (tertiary/aromatic N) is 5. The van der Waals surface area contributed by atoms with E-state index < -0.39 is 19.0 Å². The number of fused-ring (bicyclic) bond motifs is 1. The van der Waals surface area contributed by atoms with Crippen LogP contribution in [0.5, 0.6) is 0 Å². The molecule has 7 nitrogen and oxygen atoms in total. The van der Waals surface area contributed by atoms with E-state index in [1.54, 1.807) is 0 Å². The largest absolute Gasteiger partial charge is 0.327 e. The number of thiophene rings is 1. The number of hydrogen-bond acceptors (Lipinski definition) is 6. The van der Waals surface area contributed by atoms with E-state index in [1.165, 1.54) is 42.5 Å². The van der Waals surface area contributed by atoms with Crippen LogP contribution in [0.4, 0.5) is 13.6 Å². The minimum atomic E-state index is -2.66. The van der Waals surface area contributed by atoms with Crippen LogP contribution in [0.1, 0.15) is 55.5 Å². The van der Waals surface area contributed by atoms with E-state index in [9.17, 15) is 18.4 Å². The van der Waals surface area contributed by atoms with E-state index in [0.29, 0.717) is 22.6 Å². The Hall–Kier alpha value is -2.69. The predicted octanol–water partition coefficient (Wildman–Crippen LogP) is 6.50. The summed E-state index contributed by atoms with van der Waals surface area (Å²) in [4.78, 5) is 39.8. The van der Waals surface area contributed by atoms with Gasteiger partial charge in [-0.3, -0.25) is 14.6 Å². The smallest absolute Gasteiger partial charge is 0.318 e. The van der Waals surface area contributed by atoms with Gasteiger partial charge in [-0.1, -0.05) is 18.0 Å². The topological polar surface area (TPSA) is 69.6 Å². The average Bonchev–Trinajstić information content (AvgIpc) is 3.29. The van der Waals surface area contributed by atoms with Crippen LogP contribution in [0.2, 0.25) is 5.02 Å². The summed E-state index contributed by atoms with van der Waals surface area (Å²) in [7, 11) is 0. The monoisotopic (exact) mass is 575 g/mol. The molecule has 2 aromatic heterocycles. The molecule has 0 unspecified atom stereocenters. The molecule has 2 saturated heterocycles. The summed E-state index contributed by atoms with van der Waals surface area (Å²) in [6.45, 7) is 6.73. The number of halogens is 3. The van der Waals surface area contributed by atoms with E-state index in [-0.39, 0.29) is 25.4 Å². The first-order valence-corrected chi connectivity index (χ1v) is 14.5. The normalized spacial score (nSPS) is 21.0. The number of alkyl halides is 2. The number of carbonyl (C=O) groups excluding carboxylic acids is 2. The molecule has 0 N–H and O–H groups in total. The molecule has 3 aromatic rings. The lowest BCUT2D eigenvalue weighted by Crippen LogP contribution is -2.52. The van der Waals surface area contributed by atoms with Gasteiger partial charge in [0.2, 0.25) is 5.91 Å². The summed E-state index contributed by atoms with van der Waals surface area (Å²) < 4.78 is 26.7. The first-order chi connectivity index (χ1) is 18.6. The van der Waals surface area contributed by atoms with Crippen LogP contribution in [0.3, 0.4) is 0 Å². The Morgan fingerprint density at radius 3 is 2.56 bits per heavy atom. The van der Waals surface area contributed by atoms with Gasteiger partial charge in [-0.15, -0.1) is 11.3 Å². The Morgan fingerprint density at radius 2 is 1.85 bits per heavy atom. The zero-order valence-corrected chi connectivity index (χ0v) is 23.9. The fourth-order valence-electron chi connectivity index (χ4n) is 5.72. The van der Waals surface area contributed by atoms with Gasteiger partial charge in [-0.05, 0) is 62.9 Å². The van der Waals surface area contributed by atoms with Crippen LogP contribution in [-0.4, -0.2) is 68.2 Å². The molecule has 3 amide bonds.